The molecule has 0 aromatic rings. The number of nitrogens with zero attached hydrogens (tertiary/aromatic N) is 1. The van der Waals surface area contributed by atoms with E-state index in [0.717, 1.165) is 37.8 Å². The molecule has 1 aliphatic heterocycles. The van der Waals surface area contributed by atoms with Gasteiger partial charge in [-0.25, -0.2) is 0 Å². The first-order valence-corrected chi connectivity index (χ1v) is 6.87. The fourth-order valence-electron chi connectivity index (χ4n) is 2.94. The van der Waals surface area contributed by atoms with Crippen molar-refractivity contribution >= 4 is 11.8 Å². The number of amides is 2. The minimum absolute atomic E-state index is 0.0270. The maximum absolute atomic E-state index is 12.1. The van der Waals surface area contributed by atoms with Crippen LogP contribution in [0.25, 0.3) is 0 Å². The quantitative estimate of drug-likeness (QED) is 0.439. The van der Waals surface area contributed by atoms with E-state index in [2.05, 4.69) is 18.8 Å². The van der Waals surface area contributed by atoms with Gasteiger partial charge in [0.25, 0.3) is 0 Å². The highest BCUT2D eigenvalue weighted by molar-refractivity contribution is 6.05. The van der Waals surface area contributed by atoms with Crippen molar-refractivity contribution in [3.05, 3.63) is 12.2 Å². The third-order valence-electron chi connectivity index (χ3n) is 3.87. The second-order valence-electron chi connectivity index (χ2n) is 5.33. The summed E-state index contributed by atoms with van der Waals surface area (Å²) in [6.07, 6.45) is 3.84. The summed E-state index contributed by atoms with van der Waals surface area (Å²) < 4.78 is 0. The molecule has 1 N–H and O–H groups in total. The molecular weight excluding hydrogens is 228 g/mol. The second kappa shape index (κ2) is 5.65. The zero-order valence-corrected chi connectivity index (χ0v) is 11.1. The molecular formula is C14H22N2O2. The Balaban J connectivity index is 1.88. The van der Waals surface area contributed by atoms with Crippen molar-refractivity contribution < 1.29 is 9.59 Å². The van der Waals surface area contributed by atoms with Gasteiger partial charge in [0.05, 0.1) is 18.4 Å². The van der Waals surface area contributed by atoms with E-state index in [9.17, 15) is 9.59 Å². The van der Waals surface area contributed by atoms with Crippen LogP contribution in [0.2, 0.25) is 0 Å². The molecule has 2 atom stereocenters. The molecule has 1 aliphatic carbocycles. The number of imide groups is 1. The maximum Gasteiger partial charge on any atom is 0.233 e. The van der Waals surface area contributed by atoms with Crippen LogP contribution in [0.4, 0.5) is 0 Å². The molecule has 1 heterocycles. The van der Waals surface area contributed by atoms with Gasteiger partial charge in [0.1, 0.15) is 0 Å². The molecule has 0 radical (unpaired) electrons. The molecule has 2 fully saturated rings. The topological polar surface area (TPSA) is 49.4 Å². The highest BCUT2D eigenvalue weighted by Crippen LogP contribution is 2.39. The highest BCUT2D eigenvalue weighted by Gasteiger charge is 2.49. The van der Waals surface area contributed by atoms with Crippen LogP contribution in [0.5, 0.6) is 0 Å². The monoisotopic (exact) mass is 250 g/mol. The lowest BCUT2D eigenvalue weighted by Crippen LogP contribution is -2.35. The molecule has 2 amide bonds. The first-order valence-electron chi connectivity index (χ1n) is 6.87. The smallest absolute Gasteiger partial charge is 0.233 e. The third-order valence-corrected chi connectivity index (χ3v) is 3.87. The van der Waals surface area contributed by atoms with E-state index in [1.165, 1.54) is 4.90 Å². The minimum Gasteiger partial charge on any atom is -0.313 e. The Morgan fingerprint density at radius 3 is 2.50 bits per heavy atom. The normalized spacial score (nSPS) is 26.8. The predicted octanol–water partition coefficient (Wildman–Crippen LogP) is 1.33. The number of hydrogen-bond donors (Lipinski definition) is 1. The lowest BCUT2D eigenvalue weighted by molar-refractivity contribution is -0.139. The van der Waals surface area contributed by atoms with Gasteiger partial charge >= 0.3 is 0 Å². The fourth-order valence-corrected chi connectivity index (χ4v) is 2.94. The van der Waals surface area contributed by atoms with Gasteiger partial charge in [-0.15, -0.1) is 0 Å². The molecule has 2 rings (SSSR count). The number of rotatable bonds is 6. The van der Waals surface area contributed by atoms with E-state index < -0.39 is 0 Å². The van der Waals surface area contributed by atoms with Crippen molar-refractivity contribution in [2.24, 2.45) is 11.8 Å². The van der Waals surface area contributed by atoms with Crippen molar-refractivity contribution in [1.29, 1.82) is 0 Å². The minimum atomic E-state index is -0.0334. The Bertz CT molecular complexity index is 343. The molecule has 1 saturated heterocycles. The van der Waals surface area contributed by atoms with Crippen LogP contribution >= 0.6 is 0 Å². The molecule has 0 spiro atoms. The van der Waals surface area contributed by atoms with Crippen LogP contribution in [-0.4, -0.2) is 36.3 Å². The first-order chi connectivity index (χ1) is 8.65. The largest absolute Gasteiger partial charge is 0.313 e. The number of likely N-dealkylation sites (tertiary alicyclic amines) is 1. The van der Waals surface area contributed by atoms with Gasteiger partial charge in [0, 0.05) is 6.54 Å². The number of carbonyl (C=O) groups is 2. The lowest BCUT2D eigenvalue weighted by atomic mass is 10.00. The highest BCUT2D eigenvalue weighted by atomic mass is 16.2. The number of hydrogen-bond acceptors (Lipinski definition) is 3. The van der Waals surface area contributed by atoms with Crippen LogP contribution in [0, 0.1) is 11.8 Å². The van der Waals surface area contributed by atoms with Crippen molar-refractivity contribution in [3.8, 4) is 0 Å². The SMILES string of the molecule is C=C(CNCCC)CN1C(=O)C2CCCC2C1=O. The molecule has 100 valence electrons. The summed E-state index contributed by atoms with van der Waals surface area (Å²) in [5, 5.41) is 3.24. The van der Waals surface area contributed by atoms with E-state index >= 15 is 0 Å². The summed E-state index contributed by atoms with van der Waals surface area (Å²) in [7, 11) is 0. The number of carbonyl (C=O) groups excluding carboxylic acids is 2. The van der Waals surface area contributed by atoms with Crippen molar-refractivity contribution in [2.75, 3.05) is 19.6 Å². The second-order valence-corrected chi connectivity index (χ2v) is 5.33. The summed E-state index contributed by atoms with van der Waals surface area (Å²) in [5.74, 6) is -0.0129. The van der Waals surface area contributed by atoms with E-state index in [1.54, 1.807) is 0 Å². The van der Waals surface area contributed by atoms with E-state index in [0.29, 0.717) is 13.1 Å². The van der Waals surface area contributed by atoms with Crippen LogP contribution in [-0.2, 0) is 9.59 Å². The Labute approximate surface area is 108 Å². The van der Waals surface area contributed by atoms with E-state index in [4.69, 9.17) is 0 Å². The van der Waals surface area contributed by atoms with Crippen LogP contribution in [0.1, 0.15) is 32.6 Å². The Morgan fingerprint density at radius 1 is 1.33 bits per heavy atom. The summed E-state index contributed by atoms with van der Waals surface area (Å²) >= 11 is 0. The molecule has 0 bridgehead atoms. The summed E-state index contributed by atoms with van der Waals surface area (Å²) in [5.41, 5.74) is 0.908. The van der Waals surface area contributed by atoms with Gasteiger partial charge in [-0.1, -0.05) is 19.9 Å². The van der Waals surface area contributed by atoms with Crippen molar-refractivity contribution in [2.45, 2.75) is 32.6 Å². The molecule has 0 aromatic heterocycles. The van der Waals surface area contributed by atoms with Crippen LogP contribution in [0.3, 0.4) is 0 Å². The van der Waals surface area contributed by atoms with Gasteiger partial charge in [0.15, 0.2) is 0 Å². The van der Waals surface area contributed by atoms with Crippen LogP contribution in [0.15, 0.2) is 12.2 Å². The van der Waals surface area contributed by atoms with E-state index in [-0.39, 0.29) is 23.7 Å². The Hall–Kier alpha value is -1.16. The molecule has 4 heteroatoms. The molecule has 4 nitrogen and oxygen atoms in total. The average molecular weight is 250 g/mol. The predicted molar refractivity (Wildman–Crippen MR) is 69.9 cm³/mol. The van der Waals surface area contributed by atoms with Gasteiger partial charge in [-0.05, 0) is 31.4 Å². The van der Waals surface area contributed by atoms with Gasteiger partial charge in [-0.3, -0.25) is 14.5 Å². The first kappa shape index (κ1) is 13.3. The average Bonchev–Trinajstić information content (AvgIpc) is 2.90. The van der Waals surface area contributed by atoms with E-state index in [1.807, 2.05) is 0 Å². The fraction of sp³-hybridized carbons (Fsp3) is 0.714. The zero-order valence-electron chi connectivity index (χ0n) is 11.1. The third kappa shape index (κ3) is 2.48. The molecule has 18 heavy (non-hydrogen) atoms. The van der Waals surface area contributed by atoms with Gasteiger partial charge in [0.2, 0.25) is 11.8 Å². The Kier molecular flexibility index (Phi) is 4.17. The zero-order chi connectivity index (χ0) is 13.1. The van der Waals surface area contributed by atoms with Gasteiger partial charge < -0.3 is 5.32 Å². The number of nitrogens with one attached hydrogen (secondary N) is 1. The summed E-state index contributed by atoms with van der Waals surface area (Å²) in [6.45, 7) is 8.05. The summed E-state index contributed by atoms with van der Waals surface area (Å²) in [4.78, 5) is 25.6. The number of fused-ring (bicyclic) bond motifs is 1. The molecule has 1 saturated carbocycles. The van der Waals surface area contributed by atoms with Crippen molar-refractivity contribution in [3.63, 3.8) is 0 Å². The molecule has 0 aromatic carbocycles. The lowest BCUT2D eigenvalue weighted by Gasteiger charge is -2.17. The van der Waals surface area contributed by atoms with Gasteiger partial charge in [-0.2, -0.15) is 0 Å². The maximum atomic E-state index is 12.1. The van der Waals surface area contributed by atoms with Crippen molar-refractivity contribution in [1.82, 2.24) is 10.2 Å². The molecule has 2 unspecified atom stereocenters. The summed E-state index contributed by atoms with van der Waals surface area (Å²) in [6, 6.07) is 0. The Morgan fingerprint density at radius 2 is 1.94 bits per heavy atom. The van der Waals surface area contributed by atoms with Crippen LogP contribution < -0.4 is 5.32 Å². The standard InChI is InChI=1S/C14H22N2O2/c1-3-7-15-8-10(2)9-16-13(17)11-5-4-6-12(11)14(16)18/h11-12,15H,2-9H2,1H3. The molecule has 2 aliphatic rings.